The number of carbonyl (C=O) groups is 1. The number of carbonyl (C=O) groups excluding carboxylic acids is 1. The van der Waals surface area contributed by atoms with Crippen LogP contribution in [-0.2, 0) is 4.79 Å². The zero-order valence-electron chi connectivity index (χ0n) is 12.0. The van der Waals surface area contributed by atoms with Crippen molar-refractivity contribution in [1.29, 1.82) is 0 Å². The molecule has 5 nitrogen and oxygen atoms in total. The Balaban J connectivity index is 1.83. The van der Waals surface area contributed by atoms with Crippen molar-refractivity contribution in [2.45, 2.75) is 38.0 Å². The number of nitrogens with zero attached hydrogens (tertiary/aromatic N) is 2. The van der Waals surface area contributed by atoms with Gasteiger partial charge in [0, 0.05) is 12.0 Å². The Morgan fingerprint density at radius 2 is 2.00 bits per heavy atom. The standard InChI is InChI=1S/C16H18N2O3/c1-20-12-9-7-11(8-10-12)15-17-16(21-18-15)13-5-3-2-4-6-14(13)19/h7-10,13H,2-6H2,1H3. The molecule has 5 heteroatoms. The molecule has 1 aliphatic carbocycles. The maximum Gasteiger partial charge on any atom is 0.237 e. The summed E-state index contributed by atoms with van der Waals surface area (Å²) in [6, 6.07) is 7.45. The summed E-state index contributed by atoms with van der Waals surface area (Å²) >= 11 is 0. The van der Waals surface area contributed by atoms with E-state index in [0.717, 1.165) is 37.0 Å². The van der Waals surface area contributed by atoms with Crippen molar-refractivity contribution in [1.82, 2.24) is 10.1 Å². The van der Waals surface area contributed by atoms with E-state index >= 15 is 0 Å². The zero-order valence-corrected chi connectivity index (χ0v) is 12.0. The van der Waals surface area contributed by atoms with Crippen molar-refractivity contribution in [3.8, 4) is 17.1 Å². The number of rotatable bonds is 3. The summed E-state index contributed by atoms with van der Waals surface area (Å²) < 4.78 is 10.5. The first kappa shape index (κ1) is 13.8. The second kappa shape index (κ2) is 6.08. The van der Waals surface area contributed by atoms with E-state index in [2.05, 4.69) is 10.1 Å². The van der Waals surface area contributed by atoms with E-state index in [1.807, 2.05) is 24.3 Å². The number of Topliss-reactive ketones (excluding diaryl/α,β-unsaturated/α-hetero) is 1. The summed E-state index contributed by atoms with van der Waals surface area (Å²) in [6.07, 6.45) is 4.53. The van der Waals surface area contributed by atoms with Crippen molar-refractivity contribution >= 4 is 5.78 Å². The largest absolute Gasteiger partial charge is 0.497 e. The van der Waals surface area contributed by atoms with E-state index in [0.29, 0.717) is 18.1 Å². The molecule has 0 aliphatic heterocycles. The van der Waals surface area contributed by atoms with Gasteiger partial charge in [-0.2, -0.15) is 4.98 Å². The number of ether oxygens (including phenoxy) is 1. The van der Waals surface area contributed by atoms with E-state index < -0.39 is 0 Å². The SMILES string of the molecule is COc1ccc(-c2noc(C3CCCCCC3=O)n2)cc1. The lowest BCUT2D eigenvalue weighted by Crippen LogP contribution is -2.10. The average molecular weight is 286 g/mol. The molecule has 0 spiro atoms. The molecule has 0 bridgehead atoms. The van der Waals surface area contributed by atoms with Gasteiger partial charge in [0.1, 0.15) is 11.5 Å². The molecular formula is C16H18N2O3. The molecule has 1 unspecified atom stereocenters. The molecule has 3 rings (SSSR count). The lowest BCUT2D eigenvalue weighted by molar-refractivity contribution is -0.120. The Labute approximate surface area is 123 Å². The van der Waals surface area contributed by atoms with Crippen LogP contribution in [-0.4, -0.2) is 23.0 Å². The third-order valence-electron chi connectivity index (χ3n) is 3.89. The monoisotopic (exact) mass is 286 g/mol. The van der Waals surface area contributed by atoms with E-state index in [1.54, 1.807) is 7.11 Å². The Kier molecular flexibility index (Phi) is 3.99. The van der Waals surface area contributed by atoms with Crippen molar-refractivity contribution in [2.24, 2.45) is 0 Å². The summed E-state index contributed by atoms with van der Waals surface area (Å²) in [5.74, 6) is 1.74. The third kappa shape index (κ3) is 2.96. The molecular weight excluding hydrogens is 268 g/mol. The second-order valence-corrected chi connectivity index (χ2v) is 5.30. The first-order chi connectivity index (χ1) is 10.3. The molecule has 1 saturated carbocycles. The number of hydrogen-bond donors (Lipinski definition) is 0. The fraction of sp³-hybridized carbons (Fsp3) is 0.438. The van der Waals surface area contributed by atoms with Crippen LogP contribution in [0.2, 0.25) is 0 Å². The molecule has 1 heterocycles. The molecule has 1 aliphatic rings. The Bertz CT molecular complexity index is 619. The first-order valence-electron chi connectivity index (χ1n) is 7.28. The zero-order chi connectivity index (χ0) is 14.7. The minimum absolute atomic E-state index is 0.220. The van der Waals surface area contributed by atoms with Gasteiger partial charge in [0.25, 0.3) is 0 Å². The predicted octanol–water partition coefficient (Wildman–Crippen LogP) is 3.36. The molecule has 2 aromatic rings. The fourth-order valence-electron chi connectivity index (χ4n) is 2.65. The summed E-state index contributed by atoms with van der Waals surface area (Å²) in [7, 11) is 1.62. The number of benzene rings is 1. The van der Waals surface area contributed by atoms with Crippen molar-refractivity contribution < 1.29 is 14.1 Å². The van der Waals surface area contributed by atoms with Gasteiger partial charge in [-0.15, -0.1) is 0 Å². The van der Waals surface area contributed by atoms with Crippen LogP contribution in [0.1, 0.15) is 43.9 Å². The number of aromatic nitrogens is 2. The molecule has 1 atom stereocenters. The summed E-state index contributed by atoms with van der Waals surface area (Å²) in [5, 5.41) is 4.00. The molecule has 110 valence electrons. The van der Waals surface area contributed by atoms with Crippen LogP contribution < -0.4 is 4.74 Å². The lowest BCUT2D eigenvalue weighted by atomic mass is 9.99. The van der Waals surface area contributed by atoms with Gasteiger partial charge in [-0.1, -0.05) is 18.0 Å². The van der Waals surface area contributed by atoms with Gasteiger partial charge in [-0.05, 0) is 37.1 Å². The highest BCUT2D eigenvalue weighted by molar-refractivity contribution is 5.85. The highest BCUT2D eigenvalue weighted by atomic mass is 16.5. The van der Waals surface area contributed by atoms with Crippen LogP contribution in [0, 0.1) is 0 Å². The van der Waals surface area contributed by atoms with Crippen LogP contribution in [0.15, 0.2) is 28.8 Å². The normalized spacial score (nSPS) is 19.3. The molecule has 0 saturated heterocycles. The fourth-order valence-corrected chi connectivity index (χ4v) is 2.65. The van der Waals surface area contributed by atoms with E-state index in [4.69, 9.17) is 9.26 Å². The molecule has 0 radical (unpaired) electrons. The predicted molar refractivity (Wildman–Crippen MR) is 77.1 cm³/mol. The summed E-state index contributed by atoms with van der Waals surface area (Å²) in [5.41, 5.74) is 0.854. The maximum absolute atomic E-state index is 12.1. The molecule has 0 N–H and O–H groups in total. The topological polar surface area (TPSA) is 65.2 Å². The quantitative estimate of drug-likeness (QED) is 0.809. The van der Waals surface area contributed by atoms with Crippen molar-refractivity contribution in [2.75, 3.05) is 7.11 Å². The molecule has 21 heavy (non-hydrogen) atoms. The van der Waals surface area contributed by atoms with E-state index in [-0.39, 0.29) is 11.7 Å². The first-order valence-corrected chi connectivity index (χ1v) is 7.28. The van der Waals surface area contributed by atoms with Gasteiger partial charge in [0.05, 0.1) is 13.0 Å². The van der Waals surface area contributed by atoms with Gasteiger partial charge >= 0.3 is 0 Å². The lowest BCUT2D eigenvalue weighted by Gasteiger charge is -2.06. The molecule has 0 amide bonds. The summed E-state index contributed by atoms with van der Waals surface area (Å²) in [6.45, 7) is 0. The summed E-state index contributed by atoms with van der Waals surface area (Å²) in [4.78, 5) is 16.5. The Morgan fingerprint density at radius 3 is 2.76 bits per heavy atom. The number of hydrogen-bond acceptors (Lipinski definition) is 5. The van der Waals surface area contributed by atoms with Crippen LogP contribution in [0.3, 0.4) is 0 Å². The van der Waals surface area contributed by atoms with Crippen LogP contribution in [0.5, 0.6) is 5.75 Å². The highest BCUT2D eigenvalue weighted by Crippen LogP contribution is 2.29. The van der Waals surface area contributed by atoms with Gasteiger partial charge in [0.2, 0.25) is 11.7 Å². The minimum Gasteiger partial charge on any atom is -0.497 e. The molecule has 1 aromatic heterocycles. The van der Waals surface area contributed by atoms with E-state index in [9.17, 15) is 4.79 Å². The van der Waals surface area contributed by atoms with Crippen molar-refractivity contribution in [3.05, 3.63) is 30.2 Å². The van der Waals surface area contributed by atoms with Gasteiger partial charge in [-0.3, -0.25) is 4.79 Å². The smallest absolute Gasteiger partial charge is 0.237 e. The van der Waals surface area contributed by atoms with Crippen LogP contribution in [0.25, 0.3) is 11.4 Å². The average Bonchev–Trinajstić information content (AvgIpc) is 2.90. The maximum atomic E-state index is 12.1. The second-order valence-electron chi connectivity index (χ2n) is 5.30. The van der Waals surface area contributed by atoms with Gasteiger partial charge < -0.3 is 9.26 Å². The Morgan fingerprint density at radius 1 is 1.19 bits per heavy atom. The van der Waals surface area contributed by atoms with Crippen LogP contribution in [0.4, 0.5) is 0 Å². The molecule has 1 fully saturated rings. The number of ketones is 1. The number of methoxy groups -OCH3 is 1. The highest BCUT2D eigenvalue weighted by Gasteiger charge is 2.27. The Hall–Kier alpha value is -2.17. The van der Waals surface area contributed by atoms with Crippen LogP contribution >= 0.6 is 0 Å². The van der Waals surface area contributed by atoms with Gasteiger partial charge in [-0.25, -0.2) is 0 Å². The van der Waals surface area contributed by atoms with Gasteiger partial charge in [0.15, 0.2) is 0 Å². The minimum atomic E-state index is -0.230. The third-order valence-corrected chi connectivity index (χ3v) is 3.89. The van der Waals surface area contributed by atoms with Crippen molar-refractivity contribution in [3.63, 3.8) is 0 Å². The van der Waals surface area contributed by atoms with E-state index in [1.165, 1.54) is 0 Å². The molecule has 1 aromatic carbocycles.